The largest absolute Gasteiger partial charge is 0.496 e. The van der Waals surface area contributed by atoms with Gasteiger partial charge in [-0.2, -0.15) is 0 Å². The Hall–Kier alpha value is -2.94. The van der Waals surface area contributed by atoms with E-state index in [2.05, 4.69) is 78.8 Å². The quantitative estimate of drug-likeness (QED) is 0.409. The van der Waals surface area contributed by atoms with E-state index in [0.29, 0.717) is 11.3 Å². The van der Waals surface area contributed by atoms with E-state index in [1.54, 1.807) is 13.2 Å². The summed E-state index contributed by atoms with van der Waals surface area (Å²) in [6.45, 7) is 6.92. The molecule has 1 aliphatic heterocycles. The molecule has 1 amide bonds. The number of amides is 1. The summed E-state index contributed by atoms with van der Waals surface area (Å²) >= 11 is 8.80. The molecule has 3 aromatic carbocycles. The highest BCUT2D eigenvalue weighted by Crippen LogP contribution is 2.28. The summed E-state index contributed by atoms with van der Waals surface area (Å²) < 4.78 is 6.21. The molecule has 8 heteroatoms. The molecule has 0 radical (unpaired) electrons. The number of carbonyl (C=O) groups excluding carboxylic acids is 1. The second kappa shape index (κ2) is 11.7. The number of halogens is 1. The minimum atomic E-state index is -0.325. The lowest BCUT2D eigenvalue weighted by Gasteiger charge is -2.36. The zero-order valence-electron chi connectivity index (χ0n) is 19.9. The van der Waals surface area contributed by atoms with Crippen LogP contribution in [0, 0.1) is 6.92 Å². The highest BCUT2D eigenvalue weighted by atomic mass is 79.9. The number of thiocarbonyl (C=S) groups is 1. The third-order valence-corrected chi connectivity index (χ3v) is 6.69. The molecule has 0 unspecified atom stereocenters. The van der Waals surface area contributed by atoms with Gasteiger partial charge in [0.1, 0.15) is 5.75 Å². The average Bonchev–Trinajstić information content (AvgIpc) is 2.85. The van der Waals surface area contributed by atoms with Crippen LogP contribution in [0.4, 0.5) is 11.4 Å². The predicted molar refractivity (Wildman–Crippen MR) is 149 cm³/mol. The lowest BCUT2D eigenvalue weighted by Crippen LogP contribution is -2.45. The van der Waals surface area contributed by atoms with Gasteiger partial charge in [0.25, 0.3) is 5.91 Å². The highest BCUT2D eigenvalue weighted by Gasteiger charge is 2.18. The van der Waals surface area contributed by atoms with Crippen LogP contribution in [0.3, 0.4) is 0 Å². The van der Waals surface area contributed by atoms with E-state index in [4.69, 9.17) is 17.0 Å². The molecule has 0 bridgehead atoms. The monoisotopic (exact) mass is 552 g/mol. The van der Waals surface area contributed by atoms with Crippen LogP contribution >= 0.6 is 28.1 Å². The van der Waals surface area contributed by atoms with Crippen LogP contribution in [-0.2, 0) is 6.54 Å². The first-order valence-electron chi connectivity index (χ1n) is 11.5. The first-order chi connectivity index (χ1) is 16.9. The number of methoxy groups -OCH3 is 1. The van der Waals surface area contributed by atoms with Crippen molar-refractivity contribution in [3.05, 3.63) is 87.9 Å². The topological polar surface area (TPSA) is 56.8 Å². The maximum absolute atomic E-state index is 12.8. The third kappa shape index (κ3) is 6.60. The van der Waals surface area contributed by atoms with E-state index >= 15 is 0 Å². The Balaban J connectivity index is 1.29. The van der Waals surface area contributed by atoms with Crippen molar-refractivity contribution in [3.8, 4) is 5.75 Å². The lowest BCUT2D eigenvalue weighted by molar-refractivity contribution is 0.0974. The summed E-state index contributed by atoms with van der Waals surface area (Å²) in [4.78, 5) is 17.7. The molecule has 35 heavy (non-hydrogen) atoms. The number of ether oxygens (including phenoxy) is 1. The lowest BCUT2D eigenvalue weighted by atomic mass is 10.1. The SMILES string of the molecule is COc1c(C)cc(Br)cc1C(=O)NC(=S)Nc1ccc(N2CCN(Cc3ccccc3)CC2)cc1. The molecular formula is C27H29BrN4O2S. The summed E-state index contributed by atoms with van der Waals surface area (Å²) in [6.07, 6.45) is 0. The molecule has 0 aliphatic carbocycles. The second-order valence-electron chi connectivity index (χ2n) is 8.51. The van der Waals surface area contributed by atoms with E-state index in [0.717, 1.165) is 48.4 Å². The molecule has 182 valence electrons. The molecule has 0 spiro atoms. The first-order valence-corrected chi connectivity index (χ1v) is 12.7. The first kappa shape index (κ1) is 25.2. The smallest absolute Gasteiger partial charge is 0.261 e. The number of anilines is 2. The van der Waals surface area contributed by atoms with E-state index < -0.39 is 0 Å². The molecule has 3 aromatic rings. The second-order valence-corrected chi connectivity index (χ2v) is 9.83. The minimum absolute atomic E-state index is 0.233. The van der Waals surface area contributed by atoms with Crippen LogP contribution in [0.1, 0.15) is 21.5 Å². The van der Waals surface area contributed by atoms with Gasteiger partial charge in [0.05, 0.1) is 12.7 Å². The standard InChI is InChI=1S/C27H29BrN4O2S/c1-19-16-21(28)17-24(25(19)34-2)26(33)30-27(35)29-22-8-10-23(11-9-22)32-14-12-31(13-15-32)18-20-6-4-3-5-7-20/h3-11,16-17H,12-15,18H2,1-2H3,(H2,29,30,33,35). The molecule has 1 fully saturated rings. The fourth-order valence-corrected chi connectivity index (χ4v) is 5.05. The molecule has 0 saturated carbocycles. The zero-order valence-corrected chi connectivity index (χ0v) is 22.3. The highest BCUT2D eigenvalue weighted by molar-refractivity contribution is 9.10. The Labute approximate surface area is 220 Å². The van der Waals surface area contributed by atoms with Gasteiger partial charge in [-0.05, 0) is 66.7 Å². The predicted octanol–water partition coefficient (Wildman–Crippen LogP) is 5.22. The van der Waals surface area contributed by atoms with Gasteiger partial charge in [0, 0.05) is 48.6 Å². The molecule has 2 N–H and O–H groups in total. The number of aryl methyl sites for hydroxylation is 1. The van der Waals surface area contributed by atoms with Crippen LogP contribution in [0.25, 0.3) is 0 Å². The number of carbonyl (C=O) groups is 1. The van der Waals surface area contributed by atoms with Crippen molar-refractivity contribution < 1.29 is 9.53 Å². The van der Waals surface area contributed by atoms with Crippen LogP contribution in [-0.4, -0.2) is 49.2 Å². The number of hydrogen-bond acceptors (Lipinski definition) is 5. The van der Waals surface area contributed by atoms with E-state index in [1.807, 2.05) is 25.1 Å². The van der Waals surface area contributed by atoms with Crippen molar-refractivity contribution in [3.63, 3.8) is 0 Å². The van der Waals surface area contributed by atoms with Crippen molar-refractivity contribution in [1.29, 1.82) is 0 Å². The van der Waals surface area contributed by atoms with Crippen molar-refractivity contribution in [2.75, 3.05) is 43.5 Å². The molecule has 1 saturated heterocycles. The van der Waals surface area contributed by atoms with Gasteiger partial charge < -0.3 is 15.0 Å². The molecule has 0 aromatic heterocycles. The van der Waals surface area contributed by atoms with Crippen LogP contribution in [0.15, 0.2) is 71.2 Å². The van der Waals surface area contributed by atoms with Crippen molar-refractivity contribution >= 4 is 50.5 Å². The number of benzene rings is 3. The Bertz CT molecular complexity index is 1180. The Morgan fingerprint density at radius 1 is 1.03 bits per heavy atom. The van der Waals surface area contributed by atoms with E-state index in [9.17, 15) is 4.79 Å². The molecular weight excluding hydrogens is 524 g/mol. The summed E-state index contributed by atoms with van der Waals surface area (Å²) in [7, 11) is 1.55. The van der Waals surface area contributed by atoms with Crippen molar-refractivity contribution in [1.82, 2.24) is 10.2 Å². The Morgan fingerprint density at radius 3 is 2.37 bits per heavy atom. The van der Waals surface area contributed by atoms with Crippen molar-refractivity contribution in [2.24, 2.45) is 0 Å². The fraction of sp³-hybridized carbons (Fsp3) is 0.259. The normalized spacial score (nSPS) is 13.9. The summed E-state index contributed by atoms with van der Waals surface area (Å²) in [5, 5.41) is 6.07. The van der Waals surface area contributed by atoms with Gasteiger partial charge in [0.15, 0.2) is 5.11 Å². The average molecular weight is 554 g/mol. The van der Waals surface area contributed by atoms with E-state index in [1.165, 1.54) is 11.3 Å². The number of nitrogens with one attached hydrogen (secondary N) is 2. The third-order valence-electron chi connectivity index (χ3n) is 6.03. The fourth-order valence-electron chi connectivity index (χ4n) is 4.26. The van der Waals surface area contributed by atoms with Crippen molar-refractivity contribution in [2.45, 2.75) is 13.5 Å². The summed E-state index contributed by atoms with van der Waals surface area (Å²) in [5.41, 5.74) is 4.64. The molecule has 6 nitrogen and oxygen atoms in total. The molecule has 1 heterocycles. The maximum Gasteiger partial charge on any atom is 0.261 e. The van der Waals surface area contributed by atoms with Gasteiger partial charge >= 0.3 is 0 Å². The molecule has 0 atom stereocenters. The van der Waals surface area contributed by atoms with Gasteiger partial charge in [-0.15, -0.1) is 0 Å². The Kier molecular flexibility index (Phi) is 8.38. The Morgan fingerprint density at radius 2 is 1.71 bits per heavy atom. The van der Waals surface area contributed by atoms with Gasteiger partial charge in [-0.1, -0.05) is 46.3 Å². The van der Waals surface area contributed by atoms with Gasteiger partial charge in [-0.3, -0.25) is 15.0 Å². The number of piperazine rings is 1. The van der Waals surface area contributed by atoms with Crippen LogP contribution < -0.4 is 20.3 Å². The zero-order chi connectivity index (χ0) is 24.8. The molecule has 1 aliphatic rings. The summed E-state index contributed by atoms with van der Waals surface area (Å²) in [5.74, 6) is 0.204. The summed E-state index contributed by atoms with van der Waals surface area (Å²) in [6, 6.07) is 22.4. The minimum Gasteiger partial charge on any atom is -0.496 e. The van der Waals surface area contributed by atoms with E-state index in [-0.39, 0.29) is 11.0 Å². The van der Waals surface area contributed by atoms with Crippen LogP contribution in [0.5, 0.6) is 5.75 Å². The molecule has 4 rings (SSSR count). The van der Waals surface area contributed by atoms with Crippen LogP contribution in [0.2, 0.25) is 0 Å². The van der Waals surface area contributed by atoms with Gasteiger partial charge in [0.2, 0.25) is 0 Å². The number of hydrogen-bond donors (Lipinski definition) is 2. The number of rotatable bonds is 6. The number of nitrogens with zero attached hydrogens (tertiary/aromatic N) is 2. The van der Waals surface area contributed by atoms with Gasteiger partial charge in [-0.25, -0.2) is 0 Å². The maximum atomic E-state index is 12.8.